The highest BCUT2D eigenvalue weighted by molar-refractivity contribution is 5.94. The Morgan fingerprint density at radius 2 is 2.09 bits per heavy atom. The summed E-state index contributed by atoms with van der Waals surface area (Å²) in [6.07, 6.45) is 0. The molecule has 0 spiro atoms. The first kappa shape index (κ1) is 14.4. The maximum atomic E-state index is 12.0. The number of fused-ring (bicyclic) bond motifs is 3. The number of hydrogen-bond donors (Lipinski definition) is 3. The smallest absolute Gasteiger partial charge is 0.326 e. The van der Waals surface area contributed by atoms with Crippen LogP contribution >= 0.6 is 0 Å². The Morgan fingerprint density at radius 3 is 2.73 bits per heavy atom. The quantitative estimate of drug-likeness (QED) is 0.736. The lowest BCUT2D eigenvalue weighted by Gasteiger charge is -2.26. The van der Waals surface area contributed by atoms with E-state index >= 15 is 0 Å². The van der Waals surface area contributed by atoms with Crippen molar-refractivity contribution in [1.29, 1.82) is 0 Å². The molecule has 116 valence electrons. The first-order valence-corrected chi connectivity index (χ1v) is 6.80. The van der Waals surface area contributed by atoms with Gasteiger partial charge in [0.15, 0.2) is 0 Å². The van der Waals surface area contributed by atoms with Gasteiger partial charge in [-0.3, -0.25) is 14.9 Å². The van der Waals surface area contributed by atoms with Crippen LogP contribution in [0.4, 0.5) is 0 Å². The highest BCUT2D eigenvalue weighted by Crippen LogP contribution is 2.38. The van der Waals surface area contributed by atoms with Crippen LogP contribution in [0.25, 0.3) is 10.9 Å². The lowest BCUT2D eigenvalue weighted by Crippen LogP contribution is -2.40. The number of H-pyrrole nitrogens is 1. The SMILES string of the molecule is COC(=O)C1CNC(C(=O)O)c2[nH]c3ccc(OC)cc3c21. The van der Waals surface area contributed by atoms with Crippen molar-refractivity contribution in [3.8, 4) is 5.75 Å². The van der Waals surface area contributed by atoms with Crippen molar-refractivity contribution in [2.45, 2.75) is 12.0 Å². The van der Waals surface area contributed by atoms with Gasteiger partial charge >= 0.3 is 11.9 Å². The lowest BCUT2D eigenvalue weighted by molar-refractivity contribution is -0.144. The number of rotatable bonds is 3. The van der Waals surface area contributed by atoms with Crippen LogP contribution in [-0.4, -0.2) is 42.8 Å². The molecule has 2 unspecified atom stereocenters. The number of methoxy groups -OCH3 is 2. The summed E-state index contributed by atoms with van der Waals surface area (Å²) >= 11 is 0. The zero-order chi connectivity index (χ0) is 15.9. The highest BCUT2D eigenvalue weighted by atomic mass is 16.5. The van der Waals surface area contributed by atoms with Crippen LogP contribution in [0.5, 0.6) is 5.75 Å². The summed E-state index contributed by atoms with van der Waals surface area (Å²) < 4.78 is 10.1. The molecule has 2 atom stereocenters. The van der Waals surface area contributed by atoms with E-state index in [9.17, 15) is 14.7 Å². The number of esters is 1. The predicted octanol–water partition coefficient (Wildman–Crippen LogP) is 1.16. The number of nitrogens with one attached hydrogen (secondary N) is 2. The third-order valence-electron chi connectivity index (χ3n) is 3.97. The molecule has 7 heteroatoms. The number of carboxylic acid groups (broad SMARTS) is 1. The van der Waals surface area contributed by atoms with E-state index in [0.29, 0.717) is 17.0 Å². The number of benzene rings is 1. The maximum absolute atomic E-state index is 12.0. The molecule has 0 saturated heterocycles. The Balaban J connectivity index is 2.25. The van der Waals surface area contributed by atoms with Crippen molar-refractivity contribution in [1.82, 2.24) is 10.3 Å². The summed E-state index contributed by atoms with van der Waals surface area (Å²) in [5.74, 6) is -1.32. The Kier molecular flexibility index (Phi) is 3.50. The summed E-state index contributed by atoms with van der Waals surface area (Å²) in [4.78, 5) is 26.6. The molecule has 3 rings (SSSR count). The summed E-state index contributed by atoms with van der Waals surface area (Å²) in [7, 11) is 2.88. The van der Waals surface area contributed by atoms with Crippen molar-refractivity contribution < 1.29 is 24.2 Å². The predicted molar refractivity (Wildman–Crippen MR) is 78.0 cm³/mol. The lowest BCUT2D eigenvalue weighted by atomic mass is 9.89. The van der Waals surface area contributed by atoms with E-state index in [-0.39, 0.29) is 6.54 Å². The summed E-state index contributed by atoms with van der Waals surface area (Å²) in [6.45, 7) is 0.209. The number of ether oxygens (including phenoxy) is 2. The van der Waals surface area contributed by atoms with Gasteiger partial charge in [-0.2, -0.15) is 0 Å². The van der Waals surface area contributed by atoms with Gasteiger partial charge in [0.1, 0.15) is 11.8 Å². The van der Waals surface area contributed by atoms with E-state index in [4.69, 9.17) is 9.47 Å². The summed E-state index contributed by atoms with van der Waals surface area (Å²) in [5, 5.41) is 13.0. The molecule has 1 aromatic heterocycles. The number of aliphatic carboxylic acids is 1. The van der Waals surface area contributed by atoms with E-state index in [2.05, 4.69) is 10.3 Å². The summed E-state index contributed by atoms with van der Waals surface area (Å²) in [6, 6.07) is 4.50. The van der Waals surface area contributed by atoms with Gasteiger partial charge in [-0.15, -0.1) is 0 Å². The van der Waals surface area contributed by atoms with Gasteiger partial charge in [0.25, 0.3) is 0 Å². The molecule has 1 aromatic carbocycles. The monoisotopic (exact) mass is 304 g/mol. The van der Waals surface area contributed by atoms with Crippen molar-refractivity contribution in [3.05, 3.63) is 29.5 Å². The number of carbonyl (C=O) groups excluding carboxylic acids is 1. The Hall–Kier alpha value is -2.54. The standard InChI is InChI=1S/C15H16N2O5/c1-21-7-3-4-10-8(5-7)11-9(15(20)22-2)6-16-13(14(18)19)12(11)17-10/h3-5,9,13,16-17H,6H2,1-2H3,(H,18,19). The zero-order valence-corrected chi connectivity index (χ0v) is 12.2. The molecule has 2 aromatic rings. The summed E-state index contributed by atoms with van der Waals surface area (Å²) in [5.41, 5.74) is 1.90. The molecule has 3 N–H and O–H groups in total. The molecule has 0 radical (unpaired) electrons. The molecular weight excluding hydrogens is 288 g/mol. The fourth-order valence-corrected chi connectivity index (χ4v) is 2.94. The largest absolute Gasteiger partial charge is 0.497 e. The maximum Gasteiger partial charge on any atom is 0.326 e. The molecule has 1 aliphatic heterocycles. The third kappa shape index (κ3) is 2.10. The minimum Gasteiger partial charge on any atom is -0.497 e. The van der Waals surface area contributed by atoms with Gasteiger partial charge in [-0.1, -0.05) is 0 Å². The number of aromatic nitrogens is 1. The first-order chi connectivity index (χ1) is 10.6. The number of carbonyl (C=O) groups is 2. The van der Waals surface area contributed by atoms with Crippen LogP contribution in [0, 0.1) is 0 Å². The van der Waals surface area contributed by atoms with Crippen LogP contribution in [0.2, 0.25) is 0 Å². The molecule has 0 amide bonds. The van der Waals surface area contributed by atoms with Crippen molar-refractivity contribution in [2.75, 3.05) is 20.8 Å². The van der Waals surface area contributed by atoms with E-state index in [1.807, 2.05) is 0 Å². The molecule has 22 heavy (non-hydrogen) atoms. The van der Waals surface area contributed by atoms with Crippen LogP contribution in [0.3, 0.4) is 0 Å². The average molecular weight is 304 g/mol. The number of aromatic amines is 1. The minimum atomic E-state index is -0.997. The molecule has 0 aliphatic carbocycles. The van der Waals surface area contributed by atoms with Crippen molar-refractivity contribution in [3.63, 3.8) is 0 Å². The first-order valence-electron chi connectivity index (χ1n) is 6.80. The molecule has 2 heterocycles. The minimum absolute atomic E-state index is 0.209. The fourth-order valence-electron chi connectivity index (χ4n) is 2.94. The fraction of sp³-hybridized carbons (Fsp3) is 0.333. The molecule has 0 bridgehead atoms. The number of carboxylic acids is 1. The van der Waals surface area contributed by atoms with Gasteiger partial charge in [-0.05, 0) is 23.8 Å². The molecule has 0 saturated carbocycles. The van der Waals surface area contributed by atoms with Crippen LogP contribution < -0.4 is 10.1 Å². The van der Waals surface area contributed by atoms with E-state index in [1.165, 1.54) is 7.11 Å². The second-order valence-electron chi connectivity index (χ2n) is 5.12. The molecule has 7 nitrogen and oxygen atoms in total. The Labute approximate surface area is 126 Å². The van der Waals surface area contributed by atoms with Crippen molar-refractivity contribution in [2.24, 2.45) is 0 Å². The Bertz CT molecular complexity index is 752. The van der Waals surface area contributed by atoms with Gasteiger partial charge in [0.2, 0.25) is 0 Å². The van der Waals surface area contributed by atoms with Gasteiger partial charge in [-0.25, -0.2) is 0 Å². The highest BCUT2D eigenvalue weighted by Gasteiger charge is 2.38. The zero-order valence-electron chi connectivity index (χ0n) is 12.2. The second kappa shape index (κ2) is 5.34. The van der Waals surface area contributed by atoms with Gasteiger partial charge < -0.3 is 19.6 Å². The second-order valence-corrected chi connectivity index (χ2v) is 5.12. The van der Waals surface area contributed by atoms with Crippen LogP contribution in [0.1, 0.15) is 23.2 Å². The normalized spacial score (nSPS) is 20.5. The molecule has 0 fully saturated rings. The van der Waals surface area contributed by atoms with Crippen LogP contribution in [-0.2, 0) is 14.3 Å². The van der Waals surface area contributed by atoms with E-state index in [0.717, 1.165) is 10.9 Å². The number of hydrogen-bond acceptors (Lipinski definition) is 5. The van der Waals surface area contributed by atoms with E-state index in [1.54, 1.807) is 25.3 Å². The topological polar surface area (TPSA) is 101 Å². The molecule has 1 aliphatic rings. The third-order valence-corrected chi connectivity index (χ3v) is 3.97. The Morgan fingerprint density at radius 1 is 1.32 bits per heavy atom. The van der Waals surface area contributed by atoms with Gasteiger partial charge in [0, 0.05) is 23.1 Å². The van der Waals surface area contributed by atoms with Crippen molar-refractivity contribution >= 4 is 22.8 Å². The van der Waals surface area contributed by atoms with Crippen LogP contribution in [0.15, 0.2) is 18.2 Å². The van der Waals surface area contributed by atoms with E-state index < -0.39 is 23.9 Å². The molecular formula is C15H16N2O5. The average Bonchev–Trinajstić information content (AvgIpc) is 2.91. The van der Waals surface area contributed by atoms with Gasteiger partial charge in [0.05, 0.1) is 20.1 Å².